The number of carbonyl (C=O) groups excluding carboxylic acids is 1. The van der Waals surface area contributed by atoms with Crippen LogP contribution in [0.3, 0.4) is 0 Å². The van der Waals surface area contributed by atoms with Crippen LogP contribution in [-0.2, 0) is 4.74 Å². The number of rotatable bonds is 3. The lowest BCUT2D eigenvalue weighted by atomic mass is 10.0. The molecule has 2 rings (SSSR count). The maximum Gasteiger partial charge on any atom is 0.254 e. The Morgan fingerprint density at radius 3 is 2.72 bits per heavy atom. The zero-order valence-corrected chi connectivity index (χ0v) is 11.1. The Balaban J connectivity index is 2.09. The lowest BCUT2D eigenvalue weighted by molar-refractivity contribution is 0.0303. The highest BCUT2D eigenvalue weighted by Gasteiger charge is 2.18. The molecule has 0 aliphatic carbocycles. The first kappa shape index (κ1) is 13.1. The first-order valence-electron chi connectivity index (χ1n) is 6.49. The summed E-state index contributed by atoms with van der Waals surface area (Å²) >= 11 is 0. The fraction of sp³-hybridized carbons (Fsp3) is 0.467. The van der Waals surface area contributed by atoms with Crippen molar-refractivity contribution in [2.45, 2.75) is 13.8 Å². The van der Waals surface area contributed by atoms with Gasteiger partial charge >= 0.3 is 0 Å². The quantitative estimate of drug-likeness (QED) is 0.819. The zero-order valence-electron chi connectivity index (χ0n) is 11.1. The SMILES string of the molecule is CC(C)[CH]c1cccc(C(=O)N2CCOCC2)c1. The summed E-state index contributed by atoms with van der Waals surface area (Å²) in [4.78, 5) is 14.2. The highest BCUT2D eigenvalue weighted by molar-refractivity contribution is 5.94. The molecular weight excluding hydrogens is 226 g/mol. The van der Waals surface area contributed by atoms with Gasteiger partial charge in [-0.05, 0) is 30.0 Å². The van der Waals surface area contributed by atoms with Gasteiger partial charge in [0.15, 0.2) is 0 Å². The number of hydrogen-bond donors (Lipinski definition) is 0. The van der Waals surface area contributed by atoms with Gasteiger partial charge in [0.2, 0.25) is 0 Å². The second kappa shape index (κ2) is 6.01. The monoisotopic (exact) mass is 246 g/mol. The second-order valence-corrected chi connectivity index (χ2v) is 4.94. The summed E-state index contributed by atoms with van der Waals surface area (Å²) in [5.41, 5.74) is 1.88. The van der Waals surface area contributed by atoms with Crippen molar-refractivity contribution in [1.82, 2.24) is 4.90 Å². The molecule has 0 saturated carbocycles. The summed E-state index contributed by atoms with van der Waals surface area (Å²) < 4.78 is 5.26. The van der Waals surface area contributed by atoms with Crippen molar-refractivity contribution < 1.29 is 9.53 Å². The summed E-state index contributed by atoms with van der Waals surface area (Å²) in [7, 11) is 0. The highest BCUT2D eigenvalue weighted by atomic mass is 16.5. The number of amides is 1. The molecule has 1 amide bonds. The molecule has 3 heteroatoms. The Labute approximate surface area is 109 Å². The molecule has 1 aliphatic heterocycles. The van der Waals surface area contributed by atoms with Crippen molar-refractivity contribution in [1.29, 1.82) is 0 Å². The molecule has 97 valence electrons. The van der Waals surface area contributed by atoms with Crippen LogP contribution in [0.15, 0.2) is 24.3 Å². The summed E-state index contributed by atoms with van der Waals surface area (Å²) in [5.74, 6) is 0.594. The maximum atomic E-state index is 12.3. The summed E-state index contributed by atoms with van der Waals surface area (Å²) in [6.45, 7) is 6.94. The van der Waals surface area contributed by atoms with E-state index in [4.69, 9.17) is 4.74 Å². The van der Waals surface area contributed by atoms with Gasteiger partial charge in [-0.1, -0.05) is 26.0 Å². The molecule has 1 aliphatic rings. The third kappa shape index (κ3) is 3.33. The second-order valence-electron chi connectivity index (χ2n) is 4.94. The van der Waals surface area contributed by atoms with Crippen molar-refractivity contribution in [3.05, 3.63) is 41.8 Å². The minimum Gasteiger partial charge on any atom is -0.378 e. The average molecular weight is 246 g/mol. The van der Waals surface area contributed by atoms with Gasteiger partial charge in [0.25, 0.3) is 5.91 Å². The molecule has 1 radical (unpaired) electrons. The van der Waals surface area contributed by atoms with E-state index in [-0.39, 0.29) is 5.91 Å². The lowest BCUT2D eigenvalue weighted by Crippen LogP contribution is -2.40. The summed E-state index contributed by atoms with van der Waals surface area (Å²) in [6, 6.07) is 7.84. The van der Waals surface area contributed by atoms with E-state index in [9.17, 15) is 4.79 Å². The van der Waals surface area contributed by atoms with Crippen LogP contribution < -0.4 is 0 Å². The van der Waals surface area contributed by atoms with Gasteiger partial charge in [-0.2, -0.15) is 0 Å². The van der Waals surface area contributed by atoms with E-state index in [0.717, 1.165) is 11.1 Å². The fourth-order valence-electron chi connectivity index (χ4n) is 2.11. The van der Waals surface area contributed by atoms with E-state index < -0.39 is 0 Å². The number of hydrogen-bond acceptors (Lipinski definition) is 2. The molecule has 1 saturated heterocycles. The molecule has 0 spiro atoms. The average Bonchev–Trinajstić information content (AvgIpc) is 2.38. The number of nitrogens with zero attached hydrogens (tertiary/aromatic N) is 1. The third-order valence-electron chi connectivity index (χ3n) is 2.96. The van der Waals surface area contributed by atoms with Crippen molar-refractivity contribution in [3.63, 3.8) is 0 Å². The van der Waals surface area contributed by atoms with Crippen LogP contribution in [0.5, 0.6) is 0 Å². The molecule has 1 fully saturated rings. The van der Waals surface area contributed by atoms with Crippen LogP contribution in [-0.4, -0.2) is 37.1 Å². The normalized spacial score (nSPS) is 16.1. The van der Waals surface area contributed by atoms with Crippen LogP contribution >= 0.6 is 0 Å². The van der Waals surface area contributed by atoms with Gasteiger partial charge < -0.3 is 9.64 Å². The standard InChI is InChI=1S/C15H20NO2/c1-12(2)10-13-4-3-5-14(11-13)15(17)16-6-8-18-9-7-16/h3-5,10-12H,6-9H2,1-2H3. The smallest absolute Gasteiger partial charge is 0.254 e. The Hall–Kier alpha value is -1.35. The van der Waals surface area contributed by atoms with E-state index >= 15 is 0 Å². The Bertz CT molecular complexity index is 409. The summed E-state index contributed by atoms with van der Waals surface area (Å²) in [6.07, 6.45) is 2.16. The van der Waals surface area contributed by atoms with Gasteiger partial charge in [-0.25, -0.2) is 0 Å². The molecule has 3 nitrogen and oxygen atoms in total. The first-order chi connectivity index (χ1) is 8.66. The largest absolute Gasteiger partial charge is 0.378 e. The Morgan fingerprint density at radius 2 is 2.06 bits per heavy atom. The maximum absolute atomic E-state index is 12.3. The van der Waals surface area contributed by atoms with E-state index in [1.807, 2.05) is 29.2 Å². The topological polar surface area (TPSA) is 29.5 Å². The van der Waals surface area contributed by atoms with Crippen LogP contribution in [0, 0.1) is 12.3 Å². The fourth-order valence-corrected chi connectivity index (χ4v) is 2.11. The molecule has 0 bridgehead atoms. The van der Waals surface area contributed by atoms with Crippen LogP contribution in [0.1, 0.15) is 29.8 Å². The van der Waals surface area contributed by atoms with Crippen molar-refractivity contribution in [2.24, 2.45) is 5.92 Å². The molecule has 18 heavy (non-hydrogen) atoms. The van der Waals surface area contributed by atoms with Gasteiger partial charge in [-0.3, -0.25) is 4.79 Å². The third-order valence-corrected chi connectivity index (χ3v) is 2.96. The molecule has 1 heterocycles. The van der Waals surface area contributed by atoms with Gasteiger partial charge in [0.05, 0.1) is 13.2 Å². The van der Waals surface area contributed by atoms with E-state index in [1.54, 1.807) is 0 Å². The van der Waals surface area contributed by atoms with Crippen molar-refractivity contribution in [2.75, 3.05) is 26.3 Å². The molecule has 0 unspecified atom stereocenters. The number of ether oxygens (including phenoxy) is 1. The number of morpholine rings is 1. The number of carbonyl (C=O) groups is 1. The van der Waals surface area contributed by atoms with Gasteiger partial charge in [0.1, 0.15) is 0 Å². The van der Waals surface area contributed by atoms with Gasteiger partial charge in [0, 0.05) is 18.7 Å². The van der Waals surface area contributed by atoms with Gasteiger partial charge in [-0.15, -0.1) is 0 Å². The molecule has 0 N–H and O–H groups in total. The van der Waals surface area contributed by atoms with E-state index in [2.05, 4.69) is 20.3 Å². The van der Waals surface area contributed by atoms with E-state index in [1.165, 1.54) is 0 Å². The minimum absolute atomic E-state index is 0.109. The predicted octanol–water partition coefficient (Wildman–Crippen LogP) is 2.37. The van der Waals surface area contributed by atoms with E-state index in [0.29, 0.717) is 32.2 Å². The summed E-state index contributed by atoms with van der Waals surface area (Å²) in [5, 5.41) is 0. The molecular formula is C15H20NO2. The molecule has 1 aromatic carbocycles. The number of benzene rings is 1. The Morgan fingerprint density at radius 1 is 1.33 bits per heavy atom. The Kier molecular flexibility index (Phi) is 4.37. The van der Waals surface area contributed by atoms with Crippen molar-refractivity contribution >= 4 is 5.91 Å². The van der Waals surface area contributed by atoms with Crippen LogP contribution in [0.4, 0.5) is 0 Å². The highest BCUT2D eigenvalue weighted by Crippen LogP contribution is 2.14. The zero-order chi connectivity index (χ0) is 13.0. The van der Waals surface area contributed by atoms with Crippen LogP contribution in [0.25, 0.3) is 0 Å². The van der Waals surface area contributed by atoms with Crippen molar-refractivity contribution in [3.8, 4) is 0 Å². The molecule has 0 atom stereocenters. The predicted molar refractivity (Wildman–Crippen MR) is 71.4 cm³/mol. The first-order valence-corrected chi connectivity index (χ1v) is 6.49. The molecule has 1 aromatic rings. The van der Waals surface area contributed by atoms with Crippen LogP contribution in [0.2, 0.25) is 0 Å². The lowest BCUT2D eigenvalue weighted by Gasteiger charge is -2.27. The molecule has 0 aromatic heterocycles. The minimum atomic E-state index is 0.109.